The number of carbonyl (C=O) groups is 2. The van der Waals surface area contributed by atoms with Crippen LogP contribution in [-0.2, 0) is 9.59 Å². The molecule has 2 atom stereocenters. The predicted octanol–water partition coefficient (Wildman–Crippen LogP) is 0.302. The average Bonchev–Trinajstić information content (AvgIpc) is 2.57. The van der Waals surface area contributed by atoms with E-state index in [0.717, 1.165) is 18.9 Å². The van der Waals surface area contributed by atoms with Gasteiger partial charge in [0.1, 0.15) is 18.0 Å². The predicted molar refractivity (Wildman–Crippen MR) is 89.0 cm³/mol. The zero-order valence-corrected chi connectivity index (χ0v) is 14.1. The van der Waals surface area contributed by atoms with Gasteiger partial charge in [-0.3, -0.25) is 9.59 Å². The van der Waals surface area contributed by atoms with Gasteiger partial charge in [0.15, 0.2) is 0 Å². The first-order chi connectivity index (χ1) is 11.4. The molecule has 0 saturated carbocycles. The summed E-state index contributed by atoms with van der Waals surface area (Å²) in [5.74, 6) is 0.668. The molecule has 3 heterocycles. The zero-order valence-electron chi connectivity index (χ0n) is 14.1. The van der Waals surface area contributed by atoms with E-state index in [1.807, 2.05) is 15.9 Å². The van der Waals surface area contributed by atoms with Gasteiger partial charge in [-0.2, -0.15) is 0 Å². The molecule has 0 aromatic carbocycles. The molecule has 8 nitrogen and oxygen atoms in total. The van der Waals surface area contributed by atoms with Gasteiger partial charge in [-0.1, -0.05) is 6.92 Å². The van der Waals surface area contributed by atoms with E-state index >= 15 is 0 Å². The van der Waals surface area contributed by atoms with Gasteiger partial charge in [0.05, 0.1) is 12.5 Å². The van der Waals surface area contributed by atoms with Crippen molar-refractivity contribution in [3.05, 3.63) is 12.4 Å². The Kier molecular flexibility index (Phi) is 4.55. The fourth-order valence-corrected chi connectivity index (χ4v) is 3.35. The van der Waals surface area contributed by atoms with E-state index in [9.17, 15) is 14.7 Å². The van der Waals surface area contributed by atoms with Gasteiger partial charge in [-0.25, -0.2) is 9.97 Å². The molecule has 1 aromatic rings. The van der Waals surface area contributed by atoms with Gasteiger partial charge < -0.3 is 19.8 Å². The van der Waals surface area contributed by atoms with Crippen LogP contribution in [0.15, 0.2) is 12.4 Å². The number of anilines is 2. The number of piperazine rings is 1. The molecule has 0 bridgehead atoms. The molecular formula is C16H23N5O3. The van der Waals surface area contributed by atoms with Gasteiger partial charge in [0.2, 0.25) is 5.91 Å². The second kappa shape index (κ2) is 6.62. The second-order valence-corrected chi connectivity index (χ2v) is 6.75. The van der Waals surface area contributed by atoms with E-state index in [1.165, 1.54) is 6.33 Å². The smallest absolute Gasteiger partial charge is 0.308 e. The lowest BCUT2D eigenvalue weighted by Gasteiger charge is -2.36. The number of hydrogen-bond acceptors (Lipinski definition) is 6. The minimum absolute atomic E-state index is 0.0685. The lowest BCUT2D eigenvalue weighted by atomic mass is 9.90. The highest BCUT2D eigenvalue weighted by Gasteiger charge is 2.30. The van der Waals surface area contributed by atoms with Gasteiger partial charge in [-0.05, 0) is 12.3 Å². The molecule has 2 fully saturated rings. The normalized spacial score (nSPS) is 25.1. The summed E-state index contributed by atoms with van der Waals surface area (Å²) in [7, 11) is 1.80. The first-order valence-corrected chi connectivity index (χ1v) is 8.22. The van der Waals surface area contributed by atoms with Crippen molar-refractivity contribution < 1.29 is 14.7 Å². The van der Waals surface area contributed by atoms with Crippen molar-refractivity contribution in [2.24, 2.45) is 11.8 Å². The molecule has 1 N–H and O–H groups in total. The van der Waals surface area contributed by atoms with Crippen LogP contribution < -0.4 is 9.80 Å². The number of piperidine rings is 1. The Balaban J connectivity index is 1.77. The number of nitrogens with zero attached hydrogens (tertiary/aromatic N) is 5. The van der Waals surface area contributed by atoms with Crippen LogP contribution in [0.2, 0.25) is 0 Å². The Morgan fingerprint density at radius 1 is 1.21 bits per heavy atom. The summed E-state index contributed by atoms with van der Waals surface area (Å²) in [6.07, 6.45) is 2.18. The van der Waals surface area contributed by atoms with Crippen molar-refractivity contribution in [2.45, 2.75) is 13.3 Å². The Morgan fingerprint density at radius 3 is 2.58 bits per heavy atom. The summed E-state index contributed by atoms with van der Waals surface area (Å²) in [6.45, 7) is 5.00. The van der Waals surface area contributed by atoms with Crippen LogP contribution >= 0.6 is 0 Å². The SMILES string of the molecule is CC1CC(C(=O)O)CN(c2cc(N3CCN(C)C(=O)C3)ncn2)C1. The standard InChI is InChI=1S/C16H23N5O3/c1-11-5-12(16(23)24)8-21(7-11)14-6-13(17-10-18-14)20-4-3-19(2)15(22)9-20/h6,10-12H,3-5,7-9H2,1-2H3,(H,23,24). The fourth-order valence-electron chi connectivity index (χ4n) is 3.35. The molecule has 0 radical (unpaired) electrons. The van der Waals surface area contributed by atoms with Gasteiger partial charge in [-0.15, -0.1) is 0 Å². The van der Waals surface area contributed by atoms with Crippen molar-refractivity contribution >= 4 is 23.5 Å². The number of carboxylic acids is 1. The number of likely N-dealkylation sites (N-methyl/N-ethyl adjacent to an activating group) is 1. The molecule has 0 aliphatic carbocycles. The number of hydrogen-bond donors (Lipinski definition) is 1. The number of aromatic nitrogens is 2. The fraction of sp³-hybridized carbons (Fsp3) is 0.625. The molecule has 3 rings (SSSR count). The van der Waals surface area contributed by atoms with E-state index in [2.05, 4.69) is 16.9 Å². The molecule has 2 unspecified atom stereocenters. The monoisotopic (exact) mass is 333 g/mol. The molecule has 130 valence electrons. The quantitative estimate of drug-likeness (QED) is 0.851. The molecule has 24 heavy (non-hydrogen) atoms. The van der Waals surface area contributed by atoms with Crippen LogP contribution in [0, 0.1) is 11.8 Å². The maximum Gasteiger partial charge on any atom is 0.308 e. The van der Waals surface area contributed by atoms with E-state index < -0.39 is 5.97 Å². The minimum atomic E-state index is -0.759. The third-order valence-corrected chi connectivity index (χ3v) is 4.75. The molecule has 2 aliphatic rings. The first-order valence-electron chi connectivity index (χ1n) is 8.22. The minimum Gasteiger partial charge on any atom is -0.481 e. The largest absolute Gasteiger partial charge is 0.481 e. The Labute approximate surface area is 141 Å². The topological polar surface area (TPSA) is 89.9 Å². The second-order valence-electron chi connectivity index (χ2n) is 6.75. The number of carboxylic acid groups (broad SMARTS) is 1. The molecule has 8 heteroatoms. The lowest BCUT2D eigenvalue weighted by Crippen LogP contribution is -2.49. The summed E-state index contributed by atoms with van der Waals surface area (Å²) in [6, 6.07) is 1.86. The Hall–Kier alpha value is -2.38. The van der Waals surface area contributed by atoms with Gasteiger partial charge >= 0.3 is 5.97 Å². The number of rotatable bonds is 3. The average molecular weight is 333 g/mol. The van der Waals surface area contributed by atoms with Crippen molar-refractivity contribution in [1.29, 1.82) is 0 Å². The van der Waals surface area contributed by atoms with Crippen LogP contribution in [0.25, 0.3) is 0 Å². The van der Waals surface area contributed by atoms with Crippen LogP contribution in [0.4, 0.5) is 11.6 Å². The first kappa shape index (κ1) is 16.5. The number of carbonyl (C=O) groups excluding carboxylic acids is 1. The Bertz CT molecular complexity index is 638. The van der Waals surface area contributed by atoms with Crippen LogP contribution in [0.1, 0.15) is 13.3 Å². The van der Waals surface area contributed by atoms with Crippen molar-refractivity contribution in [3.8, 4) is 0 Å². The summed E-state index contributed by atoms with van der Waals surface area (Å²) < 4.78 is 0. The summed E-state index contributed by atoms with van der Waals surface area (Å²) in [4.78, 5) is 37.5. The summed E-state index contributed by atoms with van der Waals surface area (Å²) in [5, 5.41) is 9.32. The van der Waals surface area contributed by atoms with Crippen molar-refractivity contribution in [3.63, 3.8) is 0 Å². The highest BCUT2D eigenvalue weighted by molar-refractivity contribution is 5.82. The summed E-state index contributed by atoms with van der Waals surface area (Å²) in [5.41, 5.74) is 0. The summed E-state index contributed by atoms with van der Waals surface area (Å²) >= 11 is 0. The van der Waals surface area contributed by atoms with E-state index in [-0.39, 0.29) is 11.8 Å². The van der Waals surface area contributed by atoms with E-state index in [1.54, 1.807) is 11.9 Å². The van der Waals surface area contributed by atoms with E-state index in [4.69, 9.17) is 0 Å². The maximum absolute atomic E-state index is 11.9. The molecule has 2 aliphatic heterocycles. The molecular weight excluding hydrogens is 310 g/mol. The van der Waals surface area contributed by atoms with Gasteiger partial charge in [0.25, 0.3) is 0 Å². The number of amides is 1. The molecule has 1 amide bonds. The zero-order chi connectivity index (χ0) is 17.3. The molecule has 1 aromatic heterocycles. The Morgan fingerprint density at radius 2 is 1.92 bits per heavy atom. The maximum atomic E-state index is 11.9. The molecule has 2 saturated heterocycles. The highest BCUT2D eigenvalue weighted by atomic mass is 16.4. The lowest BCUT2D eigenvalue weighted by molar-refractivity contribution is -0.142. The van der Waals surface area contributed by atoms with Crippen LogP contribution in [0.5, 0.6) is 0 Å². The van der Waals surface area contributed by atoms with E-state index in [0.29, 0.717) is 37.8 Å². The van der Waals surface area contributed by atoms with Crippen molar-refractivity contribution in [2.75, 3.05) is 49.6 Å². The van der Waals surface area contributed by atoms with Gasteiger partial charge in [0, 0.05) is 39.3 Å². The van der Waals surface area contributed by atoms with Crippen molar-refractivity contribution in [1.82, 2.24) is 14.9 Å². The third kappa shape index (κ3) is 3.42. The van der Waals surface area contributed by atoms with Crippen LogP contribution in [-0.4, -0.2) is 71.6 Å². The highest BCUT2D eigenvalue weighted by Crippen LogP contribution is 2.27. The third-order valence-electron chi connectivity index (χ3n) is 4.75. The van der Waals surface area contributed by atoms with Crippen LogP contribution in [0.3, 0.4) is 0 Å². The molecule has 0 spiro atoms. The number of aliphatic carboxylic acids is 1.